The molecular weight excluding hydrogens is 674 g/mol. The fourth-order valence-electron chi connectivity index (χ4n) is 5.34. The van der Waals surface area contributed by atoms with E-state index in [1.807, 2.05) is 4.90 Å². The first-order valence-electron chi connectivity index (χ1n) is 16.6. The first kappa shape index (κ1) is 40.4. The number of rotatable bonds is 21. The first-order valence-corrected chi connectivity index (χ1v) is 16.6. The van der Waals surface area contributed by atoms with Crippen LogP contribution in [0.25, 0.3) is 21.5 Å². The summed E-state index contributed by atoms with van der Waals surface area (Å²) in [5.41, 5.74) is 8.73. The number of fused-ring (bicyclic) bond motifs is 1. The van der Waals surface area contributed by atoms with Gasteiger partial charge >= 0.3 is 23.9 Å². The average Bonchev–Trinajstić information content (AvgIpc) is 3.08. The lowest BCUT2D eigenvalue weighted by molar-refractivity contribution is -0.672. The lowest BCUT2D eigenvalue weighted by Crippen LogP contribution is -2.58. The monoisotopic (exact) mass is 719 g/mol. The van der Waals surface area contributed by atoms with Crippen LogP contribution in [0.4, 0.5) is 5.95 Å². The number of nitrogens with zero attached hydrogens (tertiary/aromatic N) is 7. The van der Waals surface area contributed by atoms with E-state index in [-0.39, 0.29) is 62.3 Å². The number of carbonyl (C=O) groups excluding carboxylic acids is 4. The minimum Gasteiger partial charge on any atom is -0.739 e. The van der Waals surface area contributed by atoms with E-state index in [0.29, 0.717) is 29.2 Å². The van der Waals surface area contributed by atoms with E-state index >= 15 is 0 Å². The Hall–Kier alpha value is -5.04. The molecule has 0 saturated carbocycles. The van der Waals surface area contributed by atoms with E-state index in [9.17, 15) is 29.6 Å². The minimum absolute atomic E-state index is 0.00744. The van der Waals surface area contributed by atoms with Crippen molar-refractivity contribution in [2.45, 2.75) is 70.9 Å². The van der Waals surface area contributed by atoms with Gasteiger partial charge in [0.25, 0.3) is 5.52 Å². The predicted molar refractivity (Wildman–Crippen MR) is 177 cm³/mol. The standard InChI is InChI=1S/C31H45N9O11/c1-21(41)48-19-27-30(51-23(3)43)29(50-22(2)42)26(20-49-27)47-17-16-38(15-9-5-4-8-12-35-37-32)18-28(44)33-13-14-34-31-36-40(46)25-11-7-6-10-24(25)39(31)45/h6-7,10-11,26-27,29-30H,4-5,8-9,12-20H2,1-3H3,(H,33,44)(H,34,36)/t26?,27?,29?,30-/m1/s1. The molecule has 2 heterocycles. The SMILES string of the molecule is CC(=O)OCC1OCC(OCCN(CCCCCCN=[N+]=[N-])CC(=O)NCCNc2n[n+]([O-])c3ccccc3[n+]2[O-])C(OC(C)=O)[C@@H]1OC(C)=O. The fourth-order valence-corrected chi connectivity index (χ4v) is 5.34. The number of carbonyl (C=O) groups is 4. The Bertz CT molecular complexity index is 1530. The molecule has 0 aliphatic carbocycles. The molecule has 3 unspecified atom stereocenters. The van der Waals surface area contributed by atoms with Crippen LogP contribution in [0.5, 0.6) is 0 Å². The van der Waals surface area contributed by atoms with Crippen LogP contribution in [0.2, 0.25) is 0 Å². The van der Waals surface area contributed by atoms with Crippen molar-refractivity contribution in [2.75, 3.05) is 64.4 Å². The smallest absolute Gasteiger partial charge is 0.461 e. The molecule has 1 aromatic carbocycles. The summed E-state index contributed by atoms with van der Waals surface area (Å²) in [7, 11) is 0. The van der Waals surface area contributed by atoms with Gasteiger partial charge in [-0.15, -0.1) is 0 Å². The van der Waals surface area contributed by atoms with Crippen LogP contribution in [0.1, 0.15) is 46.5 Å². The molecule has 0 radical (unpaired) electrons. The van der Waals surface area contributed by atoms with Crippen molar-refractivity contribution in [3.05, 3.63) is 45.1 Å². The molecule has 3 rings (SSSR count). The molecular formula is C31H45N9O11. The number of aromatic nitrogens is 3. The lowest BCUT2D eigenvalue weighted by atomic mass is 9.99. The van der Waals surface area contributed by atoms with E-state index in [2.05, 4.69) is 25.8 Å². The Morgan fingerprint density at radius 2 is 1.71 bits per heavy atom. The summed E-state index contributed by atoms with van der Waals surface area (Å²) in [4.78, 5) is 53.2. The average molecular weight is 720 g/mol. The van der Waals surface area contributed by atoms with Crippen molar-refractivity contribution in [1.29, 1.82) is 0 Å². The highest BCUT2D eigenvalue weighted by molar-refractivity contribution is 5.78. The molecule has 1 saturated heterocycles. The summed E-state index contributed by atoms with van der Waals surface area (Å²) in [6.45, 7) is 4.92. The highest BCUT2D eigenvalue weighted by Crippen LogP contribution is 2.25. The van der Waals surface area contributed by atoms with E-state index in [1.165, 1.54) is 32.9 Å². The molecule has 1 aromatic heterocycles. The molecule has 280 valence electrons. The van der Waals surface area contributed by atoms with Crippen LogP contribution in [-0.2, 0) is 42.9 Å². The number of hydrogen-bond donors (Lipinski definition) is 2. The van der Waals surface area contributed by atoms with Gasteiger partial charge in [-0.1, -0.05) is 30.1 Å². The van der Waals surface area contributed by atoms with Gasteiger partial charge in [0.1, 0.15) is 18.8 Å². The van der Waals surface area contributed by atoms with Crippen LogP contribution in [0.15, 0.2) is 29.4 Å². The highest BCUT2D eigenvalue weighted by Gasteiger charge is 2.46. The maximum Gasteiger partial charge on any atom is 0.461 e. The Morgan fingerprint density at radius 1 is 1.00 bits per heavy atom. The van der Waals surface area contributed by atoms with Crippen molar-refractivity contribution < 1.29 is 52.4 Å². The predicted octanol–water partition coefficient (Wildman–Crippen LogP) is 0.413. The van der Waals surface area contributed by atoms with Crippen molar-refractivity contribution in [3.8, 4) is 0 Å². The summed E-state index contributed by atoms with van der Waals surface area (Å²) in [5.74, 6) is -2.36. The number of para-hydroxylation sites is 2. The van der Waals surface area contributed by atoms with Gasteiger partial charge in [0.2, 0.25) is 11.0 Å². The number of nitrogens with one attached hydrogen (secondary N) is 2. The van der Waals surface area contributed by atoms with Crippen LogP contribution < -0.4 is 20.2 Å². The normalized spacial score (nSPS) is 18.4. The lowest BCUT2D eigenvalue weighted by Gasteiger charge is -2.40. The molecule has 20 nitrogen and oxygen atoms in total. The third-order valence-corrected chi connectivity index (χ3v) is 7.65. The summed E-state index contributed by atoms with van der Waals surface area (Å²) < 4.78 is 28.4. The zero-order valence-electron chi connectivity index (χ0n) is 28.9. The van der Waals surface area contributed by atoms with E-state index in [4.69, 9.17) is 29.2 Å². The summed E-state index contributed by atoms with van der Waals surface area (Å²) in [6, 6.07) is 6.24. The number of amides is 1. The van der Waals surface area contributed by atoms with E-state index < -0.39 is 42.3 Å². The van der Waals surface area contributed by atoms with Crippen molar-refractivity contribution in [3.63, 3.8) is 0 Å². The van der Waals surface area contributed by atoms with Crippen LogP contribution in [0, 0.1) is 10.4 Å². The first-order chi connectivity index (χ1) is 24.5. The van der Waals surface area contributed by atoms with Gasteiger partial charge in [-0.3, -0.25) is 29.4 Å². The van der Waals surface area contributed by atoms with Crippen molar-refractivity contribution in [2.24, 2.45) is 5.11 Å². The topological polar surface area (TPSA) is 257 Å². The van der Waals surface area contributed by atoms with Gasteiger partial charge in [-0.2, -0.15) is 0 Å². The quantitative estimate of drug-likeness (QED) is 0.0259. The number of hydrogen-bond acceptors (Lipinski definition) is 15. The van der Waals surface area contributed by atoms with Crippen LogP contribution in [-0.4, -0.2) is 117 Å². The van der Waals surface area contributed by atoms with Gasteiger partial charge in [-0.05, 0) is 31.0 Å². The number of azide groups is 1. The fraction of sp³-hybridized carbons (Fsp3) is 0.645. The zero-order chi connectivity index (χ0) is 37.2. The molecule has 2 aromatic rings. The highest BCUT2D eigenvalue weighted by atomic mass is 16.6. The minimum atomic E-state index is -1.11. The summed E-state index contributed by atoms with van der Waals surface area (Å²) >= 11 is 0. The molecule has 1 aliphatic heterocycles. The molecule has 1 aliphatic rings. The third kappa shape index (κ3) is 13.7. The molecule has 51 heavy (non-hydrogen) atoms. The number of anilines is 1. The Labute approximate surface area is 294 Å². The molecule has 20 heteroatoms. The van der Waals surface area contributed by atoms with Gasteiger partial charge in [0, 0.05) is 56.2 Å². The molecule has 2 N–H and O–H groups in total. The second kappa shape index (κ2) is 21.2. The Morgan fingerprint density at radius 3 is 2.41 bits per heavy atom. The molecule has 1 amide bonds. The van der Waals surface area contributed by atoms with Gasteiger partial charge < -0.3 is 39.4 Å². The van der Waals surface area contributed by atoms with Crippen molar-refractivity contribution in [1.82, 2.24) is 15.3 Å². The maximum atomic E-state index is 12.9. The van der Waals surface area contributed by atoms with Gasteiger partial charge in [0.05, 0.1) is 26.3 Å². The zero-order valence-corrected chi connectivity index (χ0v) is 28.9. The number of benzene rings is 1. The Kier molecular flexibility index (Phi) is 16.8. The Balaban J connectivity index is 1.58. The molecule has 1 fully saturated rings. The number of esters is 3. The second-order valence-corrected chi connectivity index (χ2v) is 11.6. The summed E-state index contributed by atoms with van der Waals surface area (Å²) in [6.07, 6.45) is -0.747. The number of unbranched alkanes of at least 4 members (excludes halogenated alkanes) is 3. The van der Waals surface area contributed by atoms with Gasteiger partial charge in [0.15, 0.2) is 17.7 Å². The van der Waals surface area contributed by atoms with Gasteiger partial charge in [-0.25, -0.2) is 4.73 Å². The number of ether oxygens (including phenoxy) is 5. The molecule has 4 atom stereocenters. The van der Waals surface area contributed by atoms with Crippen molar-refractivity contribution >= 4 is 40.8 Å². The van der Waals surface area contributed by atoms with E-state index in [0.717, 1.165) is 25.7 Å². The van der Waals surface area contributed by atoms with Crippen LogP contribution in [0.3, 0.4) is 0 Å². The molecule has 0 spiro atoms. The maximum absolute atomic E-state index is 12.9. The summed E-state index contributed by atoms with van der Waals surface area (Å²) in [5, 5.41) is 37.6. The van der Waals surface area contributed by atoms with E-state index in [1.54, 1.807) is 12.1 Å². The largest absolute Gasteiger partial charge is 0.739 e. The molecule has 0 bridgehead atoms. The second-order valence-electron chi connectivity index (χ2n) is 11.6. The van der Waals surface area contributed by atoms with Crippen LogP contribution >= 0.6 is 0 Å². The third-order valence-electron chi connectivity index (χ3n) is 7.65.